The summed E-state index contributed by atoms with van der Waals surface area (Å²) in [6.45, 7) is 0.648. The fourth-order valence-electron chi connectivity index (χ4n) is 2.60. The number of para-hydroxylation sites is 1. The molecule has 1 aliphatic rings. The van der Waals surface area contributed by atoms with Gasteiger partial charge >= 0.3 is 0 Å². The molecule has 0 radical (unpaired) electrons. The van der Waals surface area contributed by atoms with Crippen LogP contribution in [0.15, 0.2) is 53.4 Å². The van der Waals surface area contributed by atoms with Crippen LogP contribution in [0.25, 0.3) is 0 Å². The molecule has 2 aromatic rings. The second-order valence-electron chi connectivity index (χ2n) is 5.07. The number of hydrogen-bond donors (Lipinski definition) is 1. The van der Waals surface area contributed by atoms with Crippen LogP contribution in [-0.4, -0.2) is 27.9 Å². The Hall–Kier alpha value is -2.18. The smallest absolute Gasteiger partial charge is 0.258 e. The van der Waals surface area contributed by atoms with Gasteiger partial charge in [0, 0.05) is 17.8 Å². The van der Waals surface area contributed by atoms with Crippen molar-refractivity contribution < 1.29 is 13.2 Å². The lowest BCUT2D eigenvalue weighted by atomic mass is 10.1. The molecule has 1 heterocycles. The highest BCUT2D eigenvalue weighted by Gasteiger charge is 2.25. The zero-order chi connectivity index (χ0) is 15.7. The van der Waals surface area contributed by atoms with Crippen LogP contribution >= 0.6 is 0 Å². The number of anilines is 1. The Morgan fingerprint density at radius 1 is 1.09 bits per heavy atom. The highest BCUT2D eigenvalue weighted by atomic mass is 32.2. The lowest BCUT2D eigenvalue weighted by molar-refractivity contribution is 0.0989. The molecule has 0 spiro atoms. The quantitative estimate of drug-likeness (QED) is 0.939. The van der Waals surface area contributed by atoms with Gasteiger partial charge in [0.2, 0.25) is 10.0 Å². The zero-order valence-corrected chi connectivity index (χ0v) is 12.9. The molecule has 0 aromatic heterocycles. The second kappa shape index (κ2) is 5.55. The van der Waals surface area contributed by atoms with Crippen LogP contribution in [0.3, 0.4) is 0 Å². The van der Waals surface area contributed by atoms with Crippen molar-refractivity contribution in [3.05, 3.63) is 59.7 Å². The lowest BCUT2D eigenvalue weighted by Gasteiger charge is -2.17. The van der Waals surface area contributed by atoms with Crippen LogP contribution in [0.5, 0.6) is 0 Å². The van der Waals surface area contributed by atoms with Gasteiger partial charge in [0.15, 0.2) is 0 Å². The summed E-state index contributed by atoms with van der Waals surface area (Å²) in [7, 11) is -2.13. The predicted molar refractivity (Wildman–Crippen MR) is 84.5 cm³/mol. The number of benzene rings is 2. The van der Waals surface area contributed by atoms with E-state index < -0.39 is 10.0 Å². The van der Waals surface area contributed by atoms with E-state index in [4.69, 9.17) is 0 Å². The highest BCUT2D eigenvalue weighted by Crippen LogP contribution is 2.28. The molecular weight excluding hydrogens is 300 g/mol. The summed E-state index contributed by atoms with van der Waals surface area (Å²) in [5, 5.41) is 0. The first-order chi connectivity index (χ1) is 10.5. The van der Waals surface area contributed by atoms with Gasteiger partial charge in [0.1, 0.15) is 0 Å². The van der Waals surface area contributed by atoms with Crippen molar-refractivity contribution >= 4 is 21.6 Å². The van der Waals surface area contributed by atoms with Crippen molar-refractivity contribution in [2.45, 2.75) is 11.3 Å². The van der Waals surface area contributed by atoms with Gasteiger partial charge in [-0.3, -0.25) is 4.79 Å². The molecular formula is C16H16N2O3S. The maximum atomic E-state index is 12.6. The van der Waals surface area contributed by atoms with E-state index in [9.17, 15) is 13.2 Å². The molecule has 5 nitrogen and oxygen atoms in total. The van der Waals surface area contributed by atoms with Gasteiger partial charge in [-0.2, -0.15) is 0 Å². The Bertz CT molecular complexity index is 814. The van der Waals surface area contributed by atoms with Crippen molar-refractivity contribution in [1.82, 2.24) is 4.72 Å². The molecule has 1 aliphatic heterocycles. The summed E-state index contributed by atoms with van der Waals surface area (Å²) in [6.07, 6.45) is 0.841. The number of fused-ring (bicyclic) bond motifs is 1. The van der Waals surface area contributed by atoms with E-state index in [1.54, 1.807) is 17.0 Å². The van der Waals surface area contributed by atoms with Crippen LogP contribution in [0, 0.1) is 0 Å². The first-order valence-corrected chi connectivity index (χ1v) is 8.44. The van der Waals surface area contributed by atoms with Crippen molar-refractivity contribution in [1.29, 1.82) is 0 Å². The standard InChI is InChI=1S/C16H16N2O3S/c1-17-22(20,21)14-8-6-13(7-9-14)16(19)18-11-10-12-4-2-3-5-15(12)18/h2-9,17H,10-11H2,1H3. The minimum atomic E-state index is -3.48. The number of rotatable bonds is 3. The summed E-state index contributed by atoms with van der Waals surface area (Å²) in [5.41, 5.74) is 2.57. The van der Waals surface area contributed by atoms with Gasteiger partial charge in [-0.15, -0.1) is 0 Å². The van der Waals surface area contributed by atoms with Gasteiger partial charge in [-0.1, -0.05) is 18.2 Å². The number of hydrogen-bond acceptors (Lipinski definition) is 3. The predicted octanol–water partition coefficient (Wildman–Crippen LogP) is 1.80. The Labute approximate surface area is 129 Å². The molecule has 114 valence electrons. The van der Waals surface area contributed by atoms with E-state index in [1.165, 1.54) is 19.2 Å². The van der Waals surface area contributed by atoms with Crippen LogP contribution < -0.4 is 9.62 Å². The Morgan fingerprint density at radius 2 is 1.77 bits per heavy atom. The molecule has 2 aromatic carbocycles. The molecule has 0 bridgehead atoms. The number of sulfonamides is 1. The topological polar surface area (TPSA) is 66.5 Å². The number of nitrogens with zero attached hydrogens (tertiary/aromatic N) is 1. The zero-order valence-electron chi connectivity index (χ0n) is 12.1. The van der Waals surface area contributed by atoms with Gasteiger partial charge in [0.25, 0.3) is 5.91 Å². The Morgan fingerprint density at radius 3 is 2.45 bits per heavy atom. The molecule has 0 fully saturated rings. The molecule has 6 heteroatoms. The molecule has 22 heavy (non-hydrogen) atoms. The third-order valence-electron chi connectivity index (χ3n) is 3.81. The van der Waals surface area contributed by atoms with E-state index in [-0.39, 0.29) is 10.8 Å². The fraction of sp³-hybridized carbons (Fsp3) is 0.188. The van der Waals surface area contributed by atoms with E-state index >= 15 is 0 Å². The Kier molecular flexibility index (Phi) is 3.72. The third kappa shape index (κ3) is 2.51. The van der Waals surface area contributed by atoms with Crippen molar-refractivity contribution in [3.63, 3.8) is 0 Å². The first-order valence-electron chi connectivity index (χ1n) is 6.96. The minimum Gasteiger partial charge on any atom is -0.308 e. The SMILES string of the molecule is CNS(=O)(=O)c1ccc(C(=O)N2CCc3ccccc32)cc1. The molecule has 0 atom stereocenters. The average molecular weight is 316 g/mol. The molecule has 0 saturated carbocycles. The van der Waals surface area contributed by atoms with E-state index in [1.807, 2.05) is 24.3 Å². The van der Waals surface area contributed by atoms with Crippen LogP contribution in [0.2, 0.25) is 0 Å². The number of nitrogens with one attached hydrogen (secondary N) is 1. The first kappa shape index (κ1) is 14.7. The monoisotopic (exact) mass is 316 g/mol. The minimum absolute atomic E-state index is 0.113. The van der Waals surface area contributed by atoms with E-state index in [0.29, 0.717) is 12.1 Å². The molecule has 0 unspecified atom stereocenters. The van der Waals surface area contributed by atoms with Crippen LogP contribution in [-0.2, 0) is 16.4 Å². The molecule has 1 amide bonds. The highest BCUT2D eigenvalue weighted by molar-refractivity contribution is 7.89. The molecule has 0 saturated heterocycles. The molecule has 1 N–H and O–H groups in total. The third-order valence-corrected chi connectivity index (χ3v) is 5.24. The van der Waals surface area contributed by atoms with Crippen molar-refractivity contribution in [2.75, 3.05) is 18.5 Å². The largest absolute Gasteiger partial charge is 0.308 e. The summed E-state index contributed by atoms with van der Waals surface area (Å²) < 4.78 is 25.6. The maximum Gasteiger partial charge on any atom is 0.258 e. The fourth-order valence-corrected chi connectivity index (χ4v) is 3.33. The number of carbonyl (C=O) groups is 1. The lowest BCUT2D eigenvalue weighted by Crippen LogP contribution is -2.29. The second-order valence-corrected chi connectivity index (χ2v) is 6.95. The average Bonchev–Trinajstić information content (AvgIpc) is 2.98. The summed E-state index contributed by atoms with van der Waals surface area (Å²) >= 11 is 0. The van der Waals surface area contributed by atoms with Gasteiger partial charge in [0.05, 0.1) is 4.90 Å². The van der Waals surface area contributed by atoms with Crippen LogP contribution in [0.4, 0.5) is 5.69 Å². The van der Waals surface area contributed by atoms with Crippen molar-refractivity contribution in [2.24, 2.45) is 0 Å². The van der Waals surface area contributed by atoms with Gasteiger partial charge in [-0.25, -0.2) is 13.1 Å². The summed E-state index contributed by atoms with van der Waals surface area (Å²) in [5.74, 6) is -0.113. The van der Waals surface area contributed by atoms with Gasteiger partial charge < -0.3 is 4.90 Å². The normalized spacial score (nSPS) is 14.0. The van der Waals surface area contributed by atoms with Gasteiger partial charge in [-0.05, 0) is 49.4 Å². The van der Waals surface area contributed by atoms with E-state index in [0.717, 1.165) is 17.7 Å². The number of carbonyl (C=O) groups excluding carboxylic acids is 1. The summed E-state index contributed by atoms with van der Waals surface area (Å²) in [4.78, 5) is 14.5. The van der Waals surface area contributed by atoms with Crippen molar-refractivity contribution in [3.8, 4) is 0 Å². The summed E-state index contributed by atoms with van der Waals surface area (Å²) in [6, 6.07) is 13.8. The van der Waals surface area contributed by atoms with E-state index in [2.05, 4.69) is 4.72 Å². The maximum absolute atomic E-state index is 12.6. The Balaban J connectivity index is 1.88. The number of amides is 1. The molecule has 3 rings (SSSR count). The van der Waals surface area contributed by atoms with Crippen LogP contribution in [0.1, 0.15) is 15.9 Å². The molecule has 0 aliphatic carbocycles.